The van der Waals surface area contributed by atoms with E-state index in [1.165, 1.54) is 89.7 Å². The predicted molar refractivity (Wildman–Crippen MR) is 156 cm³/mol. The van der Waals surface area contributed by atoms with Crippen LogP contribution in [-0.4, -0.2) is 26.2 Å². The molecule has 1 aliphatic heterocycles. The molecule has 0 aliphatic carbocycles. The van der Waals surface area contributed by atoms with Crippen molar-refractivity contribution in [2.45, 2.75) is 124 Å². The number of hydrogen-bond donors (Lipinski definition) is 1. The van der Waals surface area contributed by atoms with Gasteiger partial charge in [-0.15, -0.1) is 0 Å². The van der Waals surface area contributed by atoms with Crippen molar-refractivity contribution in [3.05, 3.63) is 57.4 Å². The Hall–Kier alpha value is -2.56. The Labute approximate surface area is 231 Å². The lowest BCUT2D eigenvalue weighted by molar-refractivity contribution is -0.136. The Morgan fingerprint density at radius 2 is 1.45 bits per heavy atom. The summed E-state index contributed by atoms with van der Waals surface area (Å²) in [5.74, 6) is -0.659. The summed E-state index contributed by atoms with van der Waals surface area (Å²) in [5.41, 5.74) is 6.70. The molecule has 1 N–H and O–H groups in total. The van der Waals surface area contributed by atoms with Crippen LogP contribution in [0.1, 0.15) is 127 Å². The first-order chi connectivity index (χ1) is 18.5. The summed E-state index contributed by atoms with van der Waals surface area (Å²) >= 11 is 0. The van der Waals surface area contributed by atoms with E-state index >= 15 is 0 Å². The average Bonchev–Trinajstić information content (AvgIpc) is 2.90. The fourth-order valence-electron chi connectivity index (χ4n) is 5.76. The molecule has 0 amide bonds. The fraction of sp³-hybridized carbons (Fsp3) is 0.636. The van der Waals surface area contributed by atoms with E-state index in [0.29, 0.717) is 12.0 Å². The lowest BCUT2D eigenvalue weighted by Gasteiger charge is -2.33. The number of aryl methyl sites for hydroxylation is 2. The van der Waals surface area contributed by atoms with E-state index in [4.69, 9.17) is 9.47 Å². The van der Waals surface area contributed by atoms with Crippen LogP contribution in [0.2, 0.25) is 0 Å². The third kappa shape index (κ3) is 9.63. The fourth-order valence-corrected chi connectivity index (χ4v) is 5.76. The molecule has 1 atom stereocenters. The number of unbranched alkanes of at least 4 members (excludes halogenated alkanes) is 12. The number of allylic oxidation sites excluding steroid dienone is 2. The van der Waals surface area contributed by atoms with Crippen LogP contribution >= 0.6 is 0 Å². The second-order valence-electron chi connectivity index (χ2n) is 10.8. The van der Waals surface area contributed by atoms with Gasteiger partial charge in [-0.3, -0.25) is 4.79 Å². The molecule has 1 unspecified atom stereocenters. The molecule has 0 fully saturated rings. The third-order valence-corrected chi connectivity index (χ3v) is 7.86. The lowest BCUT2D eigenvalue weighted by atomic mass is 9.76. The number of nitrogens with one attached hydrogen (secondary N) is 1. The van der Waals surface area contributed by atoms with Gasteiger partial charge in [0.2, 0.25) is 0 Å². The molecule has 2 rings (SSSR count). The van der Waals surface area contributed by atoms with Gasteiger partial charge in [-0.05, 0) is 55.9 Å². The van der Waals surface area contributed by atoms with Crippen molar-refractivity contribution in [2.75, 3.05) is 13.7 Å². The Kier molecular flexibility index (Phi) is 14.9. The summed E-state index contributed by atoms with van der Waals surface area (Å²) in [7, 11) is 1.42. The van der Waals surface area contributed by atoms with Crippen molar-refractivity contribution in [1.29, 1.82) is 0 Å². The molecular weight excluding hydrogens is 474 g/mol. The van der Waals surface area contributed by atoms with E-state index in [0.717, 1.165) is 40.9 Å². The minimum Gasteiger partial charge on any atom is -0.466 e. The Morgan fingerprint density at radius 3 is 2.00 bits per heavy atom. The van der Waals surface area contributed by atoms with E-state index in [1.54, 1.807) is 0 Å². The number of dihydropyridines is 1. The van der Waals surface area contributed by atoms with Crippen LogP contribution in [0.5, 0.6) is 0 Å². The van der Waals surface area contributed by atoms with Gasteiger partial charge in [0.25, 0.3) is 6.47 Å². The summed E-state index contributed by atoms with van der Waals surface area (Å²) in [5, 5.41) is 3.30. The minimum atomic E-state index is -0.355. The van der Waals surface area contributed by atoms with Gasteiger partial charge >= 0.3 is 5.97 Å². The number of methoxy groups -OCH3 is 1. The zero-order chi connectivity index (χ0) is 27.8. The summed E-state index contributed by atoms with van der Waals surface area (Å²) in [6.45, 7) is 8.85. The van der Waals surface area contributed by atoms with Crippen LogP contribution in [-0.2, 0) is 25.5 Å². The van der Waals surface area contributed by atoms with Gasteiger partial charge in [0, 0.05) is 17.3 Å². The molecule has 1 aromatic carbocycles. The highest BCUT2D eigenvalue weighted by atomic mass is 16.5. The number of benzene rings is 1. The average molecular weight is 526 g/mol. The molecular formula is C33H51NO4. The van der Waals surface area contributed by atoms with Crippen molar-refractivity contribution in [2.24, 2.45) is 0 Å². The van der Waals surface area contributed by atoms with Crippen LogP contribution in [0.15, 0.2) is 40.7 Å². The predicted octanol–water partition coefficient (Wildman–Crippen LogP) is 8.21. The highest BCUT2D eigenvalue weighted by Gasteiger charge is 2.35. The topological polar surface area (TPSA) is 64.6 Å². The van der Waals surface area contributed by atoms with E-state index in [9.17, 15) is 9.59 Å². The molecule has 1 heterocycles. The van der Waals surface area contributed by atoms with Gasteiger partial charge in [-0.2, -0.15) is 0 Å². The van der Waals surface area contributed by atoms with E-state index in [-0.39, 0.29) is 18.5 Å². The van der Waals surface area contributed by atoms with Crippen LogP contribution in [0, 0.1) is 6.92 Å². The van der Waals surface area contributed by atoms with Crippen LogP contribution in [0.3, 0.4) is 0 Å². The van der Waals surface area contributed by atoms with Crippen molar-refractivity contribution < 1.29 is 19.1 Å². The second kappa shape index (κ2) is 17.9. The first-order valence-corrected chi connectivity index (χ1v) is 14.9. The number of ether oxygens (including phenoxy) is 2. The molecule has 5 heteroatoms. The first-order valence-electron chi connectivity index (χ1n) is 14.9. The van der Waals surface area contributed by atoms with Gasteiger partial charge in [-0.25, -0.2) is 4.79 Å². The Morgan fingerprint density at radius 1 is 0.868 bits per heavy atom. The van der Waals surface area contributed by atoms with Gasteiger partial charge in [0.05, 0.1) is 12.7 Å². The molecule has 0 saturated heterocycles. The molecule has 1 aliphatic rings. The maximum Gasteiger partial charge on any atom is 0.336 e. The second-order valence-corrected chi connectivity index (χ2v) is 10.8. The monoisotopic (exact) mass is 525 g/mol. The van der Waals surface area contributed by atoms with E-state index in [1.807, 2.05) is 13.8 Å². The van der Waals surface area contributed by atoms with Crippen molar-refractivity contribution in [3.63, 3.8) is 0 Å². The zero-order valence-electron chi connectivity index (χ0n) is 24.6. The summed E-state index contributed by atoms with van der Waals surface area (Å²) in [6.07, 6.45) is 18.3. The van der Waals surface area contributed by atoms with Crippen molar-refractivity contribution >= 4 is 12.4 Å². The minimum absolute atomic E-state index is 0.132. The maximum atomic E-state index is 12.9. The quantitative estimate of drug-likeness (QED) is 0.112. The molecule has 0 bridgehead atoms. The molecule has 38 heavy (non-hydrogen) atoms. The molecule has 5 nitrogen and oxygen atoms in total. The zero-order valence-corrected chi connectivity index (χ0v) is 24.6. The van der Waals surface area contributed by atoms with Gasteiger partial charge < -0.3 is 14.8 Å². The maximum absolute atomic E-state index is 12.9. The van der Waals surface area contributed by atoms with E-state index < -0.39 is 0 Å². The first kappa shape index (κ1) is 31.7. The van der Waals surface area contributed by atoms with Crippen LogP contribution < -0.4 is 5.32 Å². The smallest absolute Gasteiger partial charge is 0.336 e. The molecule has 0 radical (unpaired) electrons. The van der Waals surface area contributed by atoms with E-state index in [2.05, 4.69) is 37.4 Å². The molecule has 212 valence electrons. The molecule has 0 saturated carbocycles. The lowest BCUT2D eigenvalue weighted by Crippen LogP contribution is -2.31. The van der Waals surface area contributed by atoms with Crippen molar-refractivity contribution in [3.8, 4) is 0 Å². The number of carbonyl (C=O) groups excluding carboxylic acids is 2. The SMILES string of the molecule is CCCCCCCCCCCCCCCc1cccc(C)c1C1C(COC=O)=C(C)NC(C)=C1C(=O)OC. The number of rotatable bonds is 19. The molecule has 0 spiro atoms. The Balaban J connectivity index is 2.00. The Bertz CT molecular complexity index is 946. The highest BCUT2D eigenvalue weighted by Crippen LogP contribution is 2.41. The molecule has 0 aromatic heterocycles. The normalized spacial score (nSPS) is 15.4. The van der Waals surface area contributed by atoms with Crippen LogP contribution in [0.4, 0.5) is 0 Å². The third-order valence-electron chi connectivity index (χ3n) is 7.86. The largest absolute Gasteiger partial charge is 0.466 e. The van der Waals surface area contributed by atoms with Gasteiger partial charge in [0.15, 0.2) is 0 Å². The number of esters is 1. The molecule has 1 aromatic rings. The summed E-state index contributed by atoms with van der Waals surface area (Å²) < 4.78 is 10.4. The highest BCUT2D eigenvalue weighted by molar-refractivity contribution is 5.92. The van der Waals surface area contributed by atoms with Crippen molar-refractivity contribution in [1.82, 2.24) is 5.32 Å². The number of hydrogen-bond acceptors (Lipinski definition) is 5. The van der Waals surface area contributed by atoms with Gasteiger partial charge in [0.1, 0.15) is 6.61 Å². The van der Waals surface area contributed by atoms with Gasteiger partial charge in [-0.1, -0.05) is 102 Å². The standard InChI is InChI=1S/C33H51NO4/c1-6-7-8-9-10-11-12-13-14-15-16-17-18-21-28-22-19-20-25(2)30(28)32-29(23-38-24-35)26(3)34-27(4)31(32)33(36)37-5/h19-20,22,24,32,34H,6-18,21,23H2,1-5H3. The summed E-state index contributed by atoms with van der Waals surface area (Å²) in [6, 6.07) is 6.38. The summed E-state index contributed by atoms with van der Waals surface area (Å²) in [4.78, 5) is 24.0. The number of carbonyl (C=O) groups is 2. The van der Waals surface area contributed by atoms with Crippen LogP contribution in [0.25, 0.3) is 0 Å².